The van der Waals surface area contributed by atoms with Gasteiger partial charge in [0.15, 0.2) is 0 Å². The van der Waals surface area contributed by atoms with E-state index in [-0.39, 0.29) is 5.91 Å². The Morgan fingerprint density at radius 3 is 2.60 bits per heavy atom. The van der Waals surface area contributed by atoms with Gasteiger partial charge in [0.05, 0.1) is 0 Å². The number of carbonyl (C=O) groups excluding carboxylic acids is 1. The van der Waals surface area contributed by atoms with Crippen LogP contribution in [0.5, 0.6) is 5.75 Å². The van der Waals surface area contributed by atoms with Gasteiger partial charge in [-0.05, 0) is 42.0 Å². The topological polar surface area (TPSA) is 51.2 Å². The summed E-state index contributed by atoms with van der Waals surface area (Å²) >= 11 is 0. The molecule has 0 spiro atoms. The third-order valence-corrected chi connectivity index (χ3v) is 3.59. The van der Waals surface area contributed by atoms with E-state index in [0.717, 1.165) is 16.9 Å². The van der Waals surface area contributed by atoms with E-state index in [0.29, 0.717) is 18.7 Å². The highest BCUT2D eigenvalue weighted by Gasteiger charge is 2.06. The second-order valence-electron chi connectivity index (χ2n) is 5.49. The van der Waals surface area contributed by atoms with Crippen LogP contribution in [0.1, 0.15) is 21.5 Å². The van der Waals surface area contributed by atoms with E-state index in [1.54, 1.807) is 18.5 Å². The quantitative estimate of drug-likeness (QED) is 0.746. The molecule has 2 aromatic carbocycles. The second kappa shape index (κ2) is 8.06. The maximum Gasteiger partial charge on any atom is 0.251 e. The number of hydrogen-bond donors (Lipinski definition) is 1. The van der Waals surface area contributed by atoms with Gasteiger partial charge in [0, 0.05) is 30.1 Å². The lowest BCUT2D eigenvalue weighted by Gasteiger charge is -2.08. The van der Waals surface area contributed by atoms with E-state index in [1.165, 1.54) is 18.2 Å². The predicted octanol–water partition coefficient (Wildman–Crippen LogP) is 3.73. The molecule has 0 atom stereocenters. The third kappa shape index (κ3) is 4.88. The lowest BCUT2D eigenvalue weighted by Crippen LogP contribution is -2.22. The summed E-state index contributed by atoms with van der Waals surface area (Å²) in [6.07, 6.45) is 3.48. The summed E-state index contributed by atoms with van der Waals surface area (Å²) in [5.74, 6) is 0.00299. The van der Waals surface area contributed by atoms with Gasteiger partial charge in [-0.15, -0.1) is 0 Å². The first-order valence-electron chi connectivity index (χ1n) is 7.85. The summed E-state index contributed by atoms with van der Waals surface area (Å²) in [5, 5.41) is 2.77. The third-order valence-electron chi connectivity index (χ3n) is 3.59. The Morgan fingerprint density at radius 1 is 1.04 bits per heavy atom. The Morgan fingerprint density at radius 2 is 1.88 bits per heavy atom. The number of amides is 1. The van der Waals surface area contributed by atoms with E-state index in [9.17, 15) is 9.18 Å². The molecular weight excluding hydrogens is 319 g/mol. The van der Waals surface area contributed by atoms with Crippen LogP contribution in [0.25, 0.3) is 0 Å². The van der Waals surface area contributed by atoms with Crippen LogP contribution in [0.2, 0.25) is 0 Å². The zero-order valence-electron chi connectivity index (χ0n) is 13.5. The summed E-state index contributed by atoms with van der Waals surface area (Å²) in [5.41, 5.74) is 2.23. The first-order chi connectivity index (χ1) is 12.2. The molecule has 126 valence electrons. The zero-order chi connectivity index (χ0) is 17.5. The number of halogens is 1. The molecule has 0 saturated carbocycles. The summed E-state index contributed by atoms with van der Waals surface area (Å²) in [7, 11) is 0. The summed E-state index contributed by atoms with van der Waals surface area (Å²) in [6, 6.07) is 16.9. The lowest BCUT2D eigenvalue weighted by atomic mass is 10.2. The Kier molecular flexibility index (Phi) is 5.36. The van der Waals surface area contributed by atoms with Crippen molar-refractivity contribution in [3.63, 3.8) is 0 Å². The second-order valence-corrected chi connectivity index (χ2v) is 5.49. The largest absolute Gasteiger partial charge is 0.489 e. The fraction of sp³-hybridized carbons (Fsp3) is 0.100. The SMILES string of the molecule is O=C(NCc1ccc(OCc2cccnc2)cc1)c1cccc(F)c1. The molecule has 1 heterocycles. The van der Waals surface area contributed by atoms with Gasteiger partial charge < -0.3 is 10.1 Å². The molecule has 25 heavy (non-hydrogen) atoms. The molecule has 1 amide bonds. The standard InChI is InChI=1S/C20H17FN2O2/c21-18-5-1-4-17(11-18)20(24)23-13-15-6-8-19(9-7-15)25-14-16-3-2-10-22-12-16/h1-12H,13-14H2,(H,23,24). The Balaban J connectivity index is 1.51. The Hall–Kier alpha value is -3.21. The van der Waals surface area contributed by atoms with Gasteiger partial charge in [-0.3, -0.25) is 9.78 Å². The number of nitrogens with zero attached hydrogens (tertiary/aromatic N) is 1. The minimum Gasteiger partial charge on any atom is -0.489 e. The van der Waals surface area contributed by atoms with Gasteiger partial charge >= 0.3 is 0 Å². The van der Waals surface area contributed by atoms with Crippen LogP contribution in [-0.2, 0) is 13.2 Å². The Labute approximate surface area is 145 Å². The maximum absolute atomic E-state index is 13.1. The van der Waals surface area contributed by atoms with E-state index in [1.807, 2.05) is 36.4 Å². The average molecular weight is 336 g/mol. The van der Waals surface area contributed by atoms with Crippen LogP contribution < -0.4 is 10.1 Å². The van der Waals surface area contributed by atoms with E-state index < -0.39 is 5.82 Å². The smallest absolute Gasteiger partial charge is 0.251 e. The van der Waals surface area contributed by atoms with Crippen molar-refractivity contribution >= 4 is 5.91 Å². The summed E-state index contributed by atoms with van der Waals surface area (Å²) in [4.78, 5) is 16.0. The van der Waals surface area contributed by atoms with Gasteiger partial charge in [0.25, 0.3) is 5.91 Å². The molecule has 3 aromatic rings. The highest BCUT2D eigenvalue weighted by Crippen LogP contribution is 2.14. The number of benzene rings is 2. The maximum atomic E-state index is 13.1. The van der Waals surface area contributed by atoms with E-state index >= 15 is 0 Å². The minimum atomic E-state index is -0.428. The molecule has 0 aliphatic heterocycles. The number of hydrogen-bond acceptors (Lipinski definition) is 3. The van der Waals surface area contributed by atoms with Gasteiger partial charge in [-0.1, -0.05) is 24.3 Å². The highest BCUT2D eigenvalue weighted by atomic mass is 19.1. The highest BCUT2D eigenvalue weighted by molar-refractivity contribution is 5.94. The Bertz CT molecular complexity index is 836. The molecule has 5 heteroatoms. The molecule has 0 bridgehead atoms. The van der Waals surface area contributed by atoms with Gasteiger partial charge in [0.1, 0.15) is 18.2 Å². The van der Waals surface area contributed by atoms with Crippen LogP contribution in [0.4, 0.5) is 4.39 Å². The fourth-order valence-corrected chi connectivity index (χ4v) is 2.27. The van der Waals surface area contributed by atoms with Gasteiger partial charge in [-0.25, -0.2) is 4.39 Å². The molecule has 0 unspecified atom stereocenters. The summed E-state index contributed by atoms with van der Waals surface area (Å²) < 4.78 is 18.8. The van der Waals surface area contributed by atoms with Crippen LogP contribution in [0.15, 0.2) is 73.1 Å². The van der Waals surface area contributed by atoms with Crippen molar-refractivity contribution in [3.8, 4) is 5.75 Å². The number of ether oxygens (including phenoxy) is 1. The van der Waals surface area contributed by atoms with Crippen molar-refractivity contribution < 1.29 is 13.9 Å². The van der Waals surface area contributed by atoms with Crippen molar-refractivity contribution in [1.29, 1.82) is 0 Å². The van der Waals surface area contributed by atoms with Gasteiger partial charge in [0.2, 0.25) is 0 Å². The number of carbonyl (C=O) groups is 1. The van der Waals surface area contributed by atoms with Crippen molar-refractivity contribution in [3.05, 3.63) is 95.6 Å². The van der Waals surface area contributed by atoms with E-state index in [2.05, 4.69) is 10.3 Å². The van der Waals surface area contributed by atoms with Crippen molar-refractivity contribution in [1.82, 2.24) is 10.3 Å². The van der Waals surface area contributed by atoms with Crippen molar-refractivity contribution in [2.24, 2.45) is 0 Å². The number of pyridine rings is 1. The molecule has 4 nitrogen and oxygen atoms in total. The molecule has 0 aliphatic rings. The minimum absolute atomic E-state index is 0.302. The molecular formula is C20H17FN2O2. The fourth-order valence-electron chi connectivity index (χ4n) is 2.27. The molecule has 1 aromatic heterocycles. The van der Waals surface area contributed by atoms with Crippen LogP contribution in [-0.4, -0.2) is 10.9 Å². The monoisotopic (exact) mass is 336 g/mol. The normalized spacial score (nSPS) is 10.3. The average Bonchev–Trinajstić information content (AvgIpc) is 2.66. The molecule has 0 radical (unpaired) electrons. The first-order valence-corrected chi connectivity index (χ1v) is 7.85. The van der Waals surface area contributed by atoms with Crippen molar-refractivity contribution in [2.75, 3.05) is 0 Å². The number of nitrogens with one attached hydrogen (secondary N) is 1. The van der Waals surface area contributed by atoms with Crippen LogP contribution in [0.3, 0.4) is 0 Å². The lowest BCUT2D eigenvalue weighted by molar-refractivity contribution is 0.0950. The zero-order valence-corrected chi connectivity index (χ0v) is 13.5. The molecule has 3 rings (SSSR count). The van der Waals surface area contributed by atoms with Crippen LogP contribution >= 0.6 is 0 Å². The molecule has 0 saturated heterocycles. The number of aromatic nitrogens is 1. The van der Waals surface area contributed by atoms with Gasteiger partial charge in [-0.2, -0.15) is 0 Å². The summed E-state index contributed by atoms with van der Waals surface area (Å²) in [6.45, 7) is 0.807. The molecule has 0 aliphatic carbocycles. The van der Waals surface area contributed by atoms with Crippen LogP contribution in [0, 0.1) is 5.82 Å². The van der Waals surface area contributed by atoms with Crippen molar-refractivity contribution in [2.45, 2.75) is 13.2 Å². The predicted molar refractivity (Wildman–Crippen MR) is 92.6 cm³/mol. The van der Waals surface area contributed by atoms with E-state index in [4.69, 9.17) is 4.74 Å². The molecule has 0 fully saturated rings. The first kappa shape index (κ1) is 16.6. The number of rotatable bonds is 6. The molecule has 1 N–H and O–H groups in total.